The van der Waals surface area contributed by atoms with E-state index in [1.807, 2.05) is 0 Å². The summed E-state index contributed by atoms with van der Waals surface area (Å²) in [6.07, 6.45) is 0.791. The van der Waals surface area contributed by atoms with E-state index in [-0.39, 0.29) is 5.96 Å². The maximum Gasteiger partial charge on any atom is 0.323 e. The molecule has 0 bridgehead atoms. The summed E-state index contributed by atoms with van der Waals surface area (Å²) >= 11 is 0. The lowest BCUT2D eigenvalue weighted by atomic mass is 10.1. The Labute approximate surface area is 82.0 Å². The molecule has 7 nitrogen and oxygen atoms in total. The van der Waals surface area contributed by atoms with E-state index in [0.717, 1.165) is 0 Å². The van der Waals surface area contributed by atoms with Crippen molar-refractivity contribution in [3.05, 3.63) is 0 Å². The quantitative estimate of drug-likeness (QED) is 0.187. The van der Waals surface area contributed by atoms with Gasteiger partial charge < -0.3 is 21.8 Å². The Balaban J connectivity index is 3.84. The number of aliphatic carboxylic acids is 1. The zero-order valence-corrected chi connectivity index (χ0v) is 8.05. The van der Waals surface area contributed by atoms with E-state index in [4.69, 9.17) is 21.8 Å². The number of carboxylic acids is 1. The fourth-order valence-electron chi connectivity index (χ4n) is 0.963. The van der Waals surface area contributed by atoms with E-state index >= 15 is 0 Å². The number of hydroxylamine groups is 2. The van der Waals surface area contributed by atoms with Crippen LogP contribution in [0.3, 0.4) is 0 Å². The highest BCUT2D eigenvalue weighted by molar-refractivity contribution is 5.75. The maximum absolute atomic E-state index is 10.6. The van der Waals surface area contributed by atoms with Crippen LogP contribution in [-0.4, -0.2) is 46.9 Å². The molecule has 0 rings (SSSR count). The monoisotopic (exact) mass is 204 g/mol. The molecule has 0 aliphatic carbocycles. The van der Waals surface area contributed by atoms with Gasteiger partial charge in [-0.15, -0.1) is 0 Å². The summed E-state index contributed by atoms with van der Waals surface area (Å²) in [5, 5.41) is 18.3. The average Bonchev–Trinajstić information content (AvgIpc) is 2.01. The van der Waals surface area contributed by atoms with Crippen molar-refractivity contribution in [1.29, 1.82) is 0 Å². The van der Waals surface area contributed by atoms with Gasteiger partial charge in [0.1, 0.15) is 6.04 Å². The van der Waals surface area contributed by atoms with Gasteiger partial charge in [-0.25, -0.2) is 0 Å². The molecule has 0 fully saturated rings. The van der Waals surface area contributed by atoms with Crippen LogP contribution in [0.4, 0.5) is 0 Å². The number of guanidine groups is 1. The molecule has 0 unspecified atom stereocenters. The van der Waals surface area contributed by atoms with Crippen molar-refractivity contribution in [3.8, 4) is 0 Å². The molecule has 0 saturated carbocycles. The summed E-state index contributed by atoms with van der Waals surface area (Å²) < 4.78 is 0. The average molecular weight is 204 g/mol. The van der Waals surface area contributed by atoms with E-state index in [0.29, 0.717) is 24.4 Å². The molecule has 0 aliphatic heterocycles. The number of hydrogen-bond acceptors (Lipinski definition) is 4. The van der Waals surface area contributed by atoms with E-state index < -0.39 is 12.0 Å². The Morgan fingerprint density at radius 3 is 2.50 bits per heavy atom. The van der Waals surface area contributed by atoms with Gasteiger partial charge in [-0.2, -0.15) is 5.06 Å². The van der Waals surface area contributed by atoms with Crippen LogP contribution in [0.2, 0.25) is 0 Å². The van der Waals surface area contributed by atoms with Gasteiger partial charge in [-0.1, -0.05) is 0 Å². The first-order valence-electron chi connectivity index (χ1n) is 4.15. The Bertz CT molecular complexity index is 213. The molecular weight excluding hydrogens is 188 g/mol. The highest BCUT2D eigenvalue weighted by atomic mass is 16.5. The first-order valence-corrected chi connectivity index (χ1v) is 4.15. The molecule has 7 heteroatoms. The van der Waals surface area contributed by atoms with E-state index in [1.165, 1.54) is 7.05 Å². The fraction of sp³-hybridized carbons (Fsp3) is 0.714. The van der Waals surface area contributed by atoms with Crippen LogP contribution >= 0.6 is 0 Å². The second kappa shape index (κ2) is 6.17. The second-order valence-corrected chi connectivity index (χ2v) is 2.88. The molecule has 82 valence electrons. The van der Waals surface area contributed by atoms with Crippen molar-refractivity contribution in [1.82, 2.24) is 5.06 Å². The van der Waals surface area contributed by atoms with Crippen molar-refractivity contribution in [3.63, 3.8) is 0 Å². The summed E-state index contributed by atoms with van der Waals surface area (Å²) in [4.78, 5) is 14.3. The fourth-order valence-corrected chi connectivity index (χ4v) is 0.963. The van der Waals surface area contributed by atoms with Gasteiger partial charge >= 0.3 is 5.97 Å². The first kappa shape index (κ1) is 12.7. The Morgan fingerprint density at radius 2 is 2.14 bits per heavy atom. The molecule has 0 heterocycles. The predicted molar refractivity (Wildman–Crippen MR) is 50.9 cm³/mol. The minimum Gasteiger partial charge on any atom is -0.480 e. The van der Waals surface area contributed by atoms with Crippen molar-refractivity contribution in [2.45, 2.75) is 18.9 Å². The van der Waals surface area contributed by atoms with Gasteiger partial charge in [0.2, 0.25) is 0 Å². The zero-order valence-electron chi connectivity index (χ0n) is 8.05. The van der Waals surface area contributed by atoms with Crippen molar-refractivity contribution < 1.29 is 15.1 Å². The Morgan fingerprint density at radius 1 is 1.57 bits per heavy atom. The summed E-state index contributed by atoms with van der Waals surface area (Å²) in [5.74, 6) is -1.09. The number of likely N-dealkylation sites (N-methyl/N-ethyl adjacent to an activating group) is 1. The standard InChI is InChI=1S/C7H16N4O3/c1-11(14)5(6(12)13)3-2-4-10-7(8)9/h5,14H,2-4H2,1H3,(H,12,13)(H4,8,9,10)/t5-/m0/s1. The summed E-state index contributed by atoms with van der Waals surface area (Å²) in [7, 11) is 1.29. The minimum atomic E-state index is -1.07. The van der Waals surface area contributed by atoms with Crippen LogP contribution < -0.4 is 11.5 Å². The molecule has 1 atom stereocenters. The minimum absolute atomic E-state index is 0.0192. The van der Waals surface area contributed by atoms with Gasteiger partial charge in [0.15, 0.2) is 5.96 Å². The lowest BCUT2D eigenvalue weighted by Crippen LogP contribution is -2.36. The molecule has 14 heavy (non-hydrogen) atoms. The van der Waals surface area contributed by atoms with Gasteiger partial charge in [-0.3, -0.25) is 9.79 Å². The Kier molecular flexibility index (Phi) is 5.58. The molecule has 0 saturated heterocycles. The predicted octanol–water partition coefficient (Wildman–Crippen LogP) is -1.19. The third-order valence-corrected chi connectivity index (χ3v) is 1.67. The van der Waals surface area contributed by atoms with E-state index in [2.05, 4.69) is 4.99 Å². The van der Waals surface area contributed by atoms with Crippen LogP contribution in [0, 0.1) is 0 Å². The lowest BCUT2D eigenvalue weighted by molar-refractivity contribution is -0.163. The van der Waals surface area contributed by atoms with Crippen molar-refractivity contribution in [2.24, 2.45) is 16.5 Å². The van der Waals surface area contributed by atoms with Gasteiger partial charge in [0, 0.05) is 13.6 Å². The van der Waals surface area contributed by atoms with Crippen LogP contribution in [0.25, 0.3) is 0 Å². The van der Waals surface area contributed by atoms with E-state index in [1.54, 1.807) is 0 Å². The summed E-state index contributed by atoms with van der Waals surface area (Å²) in [5.41, 5.74) is 10.2. The number of carboxylic acid groups (broad SMARTS) is 1. The number of nitrogens with zero attached hydrogens (tertiary/aromatic N) is 2. The molecular formula is C7H16N4O3. The Hall–Kier alpha value is -1.34. The summed E-state index contributed by atoms with van der Waals surface area (Å²) in [6.45, 7) is 0.361. The number of nitrogens with two attached hydrogens (primary N) is 2. The first-order chi connectivity index (χ1) is 6.45. The molecule has 0 aromatic rings. The van der Waals surface area contributed by atoms with Crippen LogP contribution in [0.15, 0.2) is 4.99 Å². The maximum atomic E-state index is 10.6. The summed E-state index contributed by atoms with van der Waals surface area (Å²) in [6, 6.07) is -0.913. The molecule has 0 spiro atoms. The van der Waals surface area contributed by atoms with Gasteiger partial charge in [0.25, 0.3) is 0 Å². The highest BCUT2D eigenvalue weighted by Gasteiger charge is 2.20. The van der Waals surface area contributed by atoms with Crippen LogP contribution in [0.5, 0.6) is 0 Å². The van der Waals surface area contributed by atoms with Gasteiger partial charge in [0.05, 0.1) is 0 Å². The third-order valence-electron chi connectivity index (χ3n) is 1.67. The number of hydrogen-bond donors (Lipinski definition) is 4. The number of carbonyl (C=O) groups is 1. The second-order valence-electron chi connectivity index (χ2n) is 2.88. The molecule has 0 aromatic heterocycles. The highest BCUT2D eigenvalue weighted by Crippen LogP contribution is 2.03. The van der Waals surface area contributed by atoms with Crippen LogP contribution in [-0.2, 0) is 4.79 Å². The molecule has 0 amide bonds. The number of rotatable bonds is 6. The molecule has 0 radical (unpaired) electrons. The lowest BCUT2D eigenvalue weighted by Gasteiger charge is -2.17. The zero-order chi connectivity index (χ0) is 11.1. The molecule has 0 aliphatic rings. The topological polar surface area (TPSA) is 125 Å². The van der Waals surface area contributed by atoms with Crippen molar-refractivity contribution in [2.75, 3.05) is 13.6 Å². The number of aliphatic imine (C=N–C) groups is 1. The third kappa shape index (κ3) is 5.33. The smallest absolute Gasteiger partial charge is 0.323 e. The normalized spacial score (nSPS) is 12.5. The molecule has 0 aromatic carbocycles. The molecule has 6 N–H and O–H groups in total. The SMILES string of the molecule is CN(O)[C@@H](CCCN=C(N)N)C(=O)O. The van der Waals surface area contributed by atoms with E-state index in [9.17, 15) is 4.79 Å². The largest absolute Gasteiger partial charge is 0.480 e. The van der Waals surface area contributed by atoms with Gasteiger partial charge in [-0.05, 0) is 12.8 Å². The van der Waals surface area contributed by atoms with Crippen molar-refractivity contribution >= 4 is 11.9 Å². The van der Waals surface area contributed by atoms with Crippen LogP contribution in [0.1, 0.15) is 12.8 Å².